The Morgan fingerprint density at radius 3 is 2.20 bits per heavy atom. The number of unbranched alkanes of at least 4 members (excludes halogenated alkanes) is 3. The monoisotopic (exact) mass is 361 g/mol. The first-order chi connectivity index (χ1) is 12.1. The highest BCUT2D eigenvalue weighted by atomic mass is 32.1. The molecule has 2 rings (SSSR count). The van der Waals surface area contributed by atoms with E-state index in [1.807, 2.05) is 18.3 Å². The van der Waals surface area contributed by atoms with E-state index in [1.54, 1.807) is 14.2 Å². The van der Waals surface area contributed by atoms with Crippen LogP contribution in [-0.4, -0.2) is 20.3 Å². The van der Waals surface area contributed by atoms with E-state index in [-0.39, 0.29) is 6.04 Å². The van der Waals surface area contributed by atoms with Gasteiger partial charge in [-0.3, -0.25) is 0 Å². The Morgan fingerprint density at radius 1 is 0.960 bits per heavy atom. The van der Waals surface area contributed by atoms with E-state index >= 15 is 0 Å². The minimum atomic E-state index is 0.104. The SMILES string of the molecule is COc1cc(CC(C)N)c(OC)cc1CCCCCCc1cccs1. The molecule has 0 saturated carbocycles. The molecule has 0 bridgehead atoms. The van der Waals surface area contributed by atoms with Crippen LogP contribution in [0.25, 0.3) is 0 Å². The number of ether oxygens (including phenoxy) is 2. The van der Waals surface area contributed by atoms with Crippen molar-refractivity contribution in [2.45, 2.75) is 57.9 Å². The second kappa shape index (κ2) is 10.5. The molecule has 2 aromatic rings. The van der Waals surface area contributed by atoms with Crippen LogP contribution in [0.2, 0.25) is 0 Å². The van der Waals surface area contributed by atoms with Gasteiger partial charge in [0.1, 0.15) is 11.5 Å². The van der Waals surface area contributed by atoms with Gasteiger partial charge in [-0.15, -0.1) is 11.3 Å². The van der Waals surface area contributed by atoms with Crippen LogP contribution in [0.4, 0.5) is 0 Å². The lowest BCUT2D eigenvalue weighted by Gasteiger charge is -2.16. The van der Waals surface area contributed by atoms with Crippen molar-refractivity contribution >= 4 is 11.3 Å². The Labute approximate surface area is 156 Å². The van der Waals surface area contributed by atoms with E-state index in [9.17, 15) is 0 Å². The molecule has 1 atom stereocenters. The zero-order chi connectivity index (χ0) is 18.1. The van der Waals surface area contributed by atoms with Crippen LogP contribution in [0, 0.1) is 0 Å². The molecule has 0 amide bonds. The molecule has 4 heteroatoms. The van der Waals surface area contributed by atoms with Gasteiger partial charge >= 0.3 is 0 Å². The van der Waals surface area contributed by atoms with Crippen LogP contribution >= 0.6 is 11.3 Å². The highest BCUT2D eigenvalue weighted by Gasteiger charge is 2.12. The predicted octanol–water partition coefficient (Wildman–Crippen LogP) is 5.00. The molecule has 0 spiro atoms. The van der Waals surface area contributed by atoms with E-state index < -0.39 is 0 Å². The molecule has 0 aliphatic rings. The third-order valence-electron chi connectivity index (χ3n) is 4.42. The molecule has 1 aromatic heterocycles. The number of benzene rings is 1. The van der Waals surface area contributed by atoms with E-state index in [4.69, 9.17) is 15.2 Å². The standard InChI is InChI=1S/C21H31NO2S/c1-16(22)13-18-15-20(23-2)17(14-21(18)24-3)9-6-4-5-7-10-19-11-8-12-25-19/h8,11-12,14-16H,4-7,9-10,13,22H2,1-3H3. The van der Waals surface area contributed by atoms with Crippen molar-refractivity contribution in [3.8, 4) is 11.5 Å². The fourth-order valence-corrected chi connectivity index (χ4v) is 3.90. The van der Waals surface area contributed by atoms with Crippen molar-refractivity contribution < 1.29 is 9.47 Å². The zero-order valence-corrected chi connectivity index (χ0v) is 16.5. The largest absolute Gasteiger partial charge is 0.496 e. The second-order valence-electron chi connectivity index (χ2n) is 6.65. The summed E-state index contributed by atoms with van der Waals surface area (Å²) in [6.07, 6.45) is 8.00. The maximum Gasteiger partial charge on any atom is 0.122 e. The summed E-state index contributed by atoms with van der Waals surface area (Å²) in [5.74, 6) is 1.88. The summed E-state index contributed by atoms with van der Waals surface area (Å²) in [6, 6.07) is 8.68. The smallest absolute Gasteiger partial charge is 0.122 e. The molecular weight excluding hydrogens is 330 g/mol. The van der Waals surface area contributed by atoms with Crippen molar-refractivity contribution in [1.82, 2.24) is 0 Å². The van der Waals surface area contributed by atoms with Crippen LogP contribution in [0.15, 0.2) is 29.6 Å². The highest BCUT2D eigenvalue weighted by Crippen LogP contribution is 2.31. The second-order valence-corrected chi connectivity index (χ2v) is 7.68. The number of nitrogens with two attached hydrogens (primary N) is 1. The lowest BCUT2D eigenvalue weighted by Crippen LogP contribution is -2.18. The first kappa shape index (κ1) is 19.8. The number of hydrogen-bond acceptors (Lipinski definition) is 4. The maximum atomic E-state index is 5.94. The molecular formula is C21H31NO2S. The van der Waals surface area contributed by atoms with Crippen molar-refractivity contribution in [3.63, 3.8) is 0 Å². The van der Waals surface area contributed by atoms with Gasteiger partial charge in [0.2, 0.25) is 0 Å². The van der Waals surface area contributed by atoms with Crippen LogP contribution in [0.3, 0.4) is 0 Å². The average molecular weight is 362 g/mol. The van der Waals surface area contributed by atoms with E-state index in [0.29, 0.717) is 0 Å². The van der Waals surface area contributed by atoms with Crippen LogP contribution in [0.1, 0.15) is 48.6 Å². The molecule has 0 fully saturated rings. The normalized spacial score (nSPS) is 12.2. The summed E-state index contributed by atoms with van der Waals surface area (Å²) >= 11 is 1.86. The zero-order valence-electron chi connectivity index (χ0n) is 15.7. The number of rotatable bonds is 11. The summed E-state index contributed by atoms with van der Waals surface area (Å²) in [6.45, 7) is 2.01. The summed E-state index contributed by atoms with van der Waals surface area (Å²) in [5.41, 5.74) is 8.29. The maximum absolute atomic E-state index is 5.94. The van der Waals surface area contributed by atoms with Crippen LogP contribution < -0.4 is 15.2 Å². The van der Waals surface area contributed by atoms with E-state index in [1.165, 1.54) is 42.5 Å². The van der Waals surface area contributed by atoms with Crippen molar-refractivity contribution in [1.29, 1.82) is 0 Å². The average Bonchev–Trinajstić information content (AvgIpc) is 3.11. The van der Waals surface area contributed by atoms with Gasteiger partial charge in [-0.25, -0.2) is 0 Å². The molecule has 0 aliphatic heterocycles. The summed E-state index contributed by atoms with van der Waals surface area (Å²) in [7, 11) is 3.46. The molecule has 138 valence electrons. The third-order valence-corrected chi connectivity index (χ3v) is 5.36. The summed E-state index contributed by atoms with van der Waals surface area (Å²) < 4.78 is 11.2. The van der Waals surface area contributed by atoms with Gasteiger partial charge in [-0.1, -0.05) is 18.9 Å². The van der Waals surface area contributed by atoms with Gasteiger partial charge in [-0.05, 0) is 73.7 Å². The molecule has 0 aliphatic carbocycles. The molecule has 1 unspecified atom stereocenters. The van der Waals surface area contributed by atoms with Gasteiger partial charge in [0, 0.05) is 10.9 Å². The molecule has 3 nitrogen and oxygen atoms in total. The number of thiophene rings is 1. The molecule has 0 saturated heterocycles. The number of aryl methyl sites for hydroxylation is 2. The fraction of sp³-hybridized carbons (Fsp3) is 0.524. The number of hydrogen-bond donors (Lipinski definition) is 1. The topological polar surface area (TPSA) is 44.5 Å². The van der Waals surface area contributed by atoms with Gasteiger partial charge in [0.15, 0.2) is 0 Å². The van der Waals surface area contributed by atoms with Gasteiger partial charge < -0.3 is 15.2 Å². The van der Waals surface area contributed by atoms with Gasteiger partial charge in [0.25, 0.3) is 0 Å². The third kappa shape index (κ3) is 6.37. The lowest BCUT2D eigenvalue weighted by atomic mass is 9.99. The first-order valence-corrected chi connectivity index (χ1v) is 10.0. The van der Waals surface area contributed by atoms with Crippen molar-refractivity contribution in [2.24, 2.45) is 5.73 Å². The Kier molecular flexibility index (Phi) is 8.29. The minimum Gasteiger partial charge on any atom is -0.496 e. The predicted molar refractivity (Wildman–Crippen MR) is 107 cm³/mol. The quantitative estimate of drug-likeness (QED) is 0.573. The molecule has 2 N–H and O–H groups in total. The van der Waals surface area contributed by atoms with Crippen molar-refractivity contribution in [2.75, 3.05) is 14.2 Å². The minimum absolute atomic E-state index is 0.104. The summed E-state index contributed by atoms with van der Waals surface area (Å²) in [4.78, 5) is 1.50. The Balaban J connectivity index is 1.85. The lowest BCUT2D eigenvalue weighted by molar-refractivity contribution is 0.393. The van der Waals surface area contributed by atoms with Gasteiger partial charge in [-0.2, -0.15) is 0 Å². The first-order valence-electron chi connectivity index (χ1n) is 9.15. The fourth-order valence-electron chi connectivity index (χ4n) is 3.15. The molecule has 1 aromatic carbocycles. The molecule has 1 heterocycles. The highest BCUT2D eigenvalue weighted by molar-refractivity contribution is 7.09. The van der Waals surface area contributed by atoms with Crippen LogP contribution in [-0.2, 0) is 19.3 Å². The van der Waals surface area contributed by atoms with Crippen molar-refractivity contribution in [3.05, 3.63) is 45.6 Å². The Bertz CT molecular complexity index is 623. The Hall–Kier alpha value is -1.52. The Morgan fingerprint density at radius 2 is 1.60 bits per heavy atom. The van der Waals surface area contributed by atoms with Crippen LogP contribution in [0.5, 0.6) is 11.5 Å². The summed E-state index contributed by atoms with van der Waals surface area (Å²) in [5, 5.41) is 2.16. The number of methoxy groups -OCH3 is 2. The molecule has 0 radical (unpaired) electrons. The van der Waals surface area contributed by atoms with E-state index in [2.05, 4.69) is 29.6 Å². The molecule has 25 heavy (non-hydrogen) atoms. The van der Waals surface area contributed by atoms with Gasteiger partial charge in [0.05, 0.1) is 14.2 Å². The van der Waals surface area contributed by atoms with E-state index in [0.717, 1.165) is 29.9 Å².